The van der Waals surface area contributed by atoms with Gasteiger partial charge in [0.15, 0.2) is 0 Å². The summed E-state index contributed by atoms with van der Waals surface area (Å²) in [5, 5.41) is 7.59. The molecule has 2 aromatic rings. The van der Waals surface area contributed by atoms with Gasteiger partial charge in [0.2, 0.25) is 11.8 Å². The molecule has 0 aliphatic carbocycles. The number of rotatable bonds is 2. The summed E-state index contributed by atoms with van der Waals surface area (Å²) < 4.78 is 0.986. The molecule has 102 valence electrons. The van der Waals surface area contributed by atoms with E-state index in [2.05, 4.69) is 26.6 Å². The molecule has 0 spiro atoms. The molecule has 4 nitrogen and oxygen atoms in total. The molecule has 0 saturated carbocycles. The summed E-state index contributed by atoms with van der Waals surface area (Å²) in [6.07, 6.45) is 0.971. The van der Waals surface area contributed by atoms with Crippen molar-refractivity contribution in [3.63, 3.8) is 0 Å². The molecule has 1 atom stereocenters. The minimum absolute atomic E-state index is 0.0641. The van der Waals surface area contributed by atoms with Crippen molar-refractivity contribution in [2.24, 2.45) is 0 Å². The molecule has 2 N–H and O–H groups in total. The van der Waals surface area contributed by atoms with Gasteiger partial charge in [-0.05, 0) is 23.9 Å². The number of carbonyl (C=O) groups is 2. The van der Waals surface area contributed by atoms with Crippen LogP contribution in [-0.4, -0.2) is 17.9 Å². The lowest BCUT2D eigenvalue weighted by Gasteiger charge is -2.13. The Balaban J connectivity index is 1.89. The molecule has 2 aromatic carbocycles. The molecule has 0 radical (unpaired) electrons. The Labute approximate surface area is 124 Å². The Morgan fingerprint density at radius 3 is 2.65 bits per heavy atom. The number of anilines is 1. The number of halogens is 1. The number of carbonyl (C=O) groups excluding carboxylic acids is 2. The summed E-state index contributed by atoms with van der Waals surface area (Å²) in [5.41, 5.74) is 0.759. The van der Waals surface area contributed by atoms with Crippen molar-refractivity contribution in [1.29, 1.82) is 0 Å². The number of nitrogens with one attached hydrogen (secondary N) is 2. The summed E-state index contributed by atoms with van der Waals surface area (Å²) in [6.45, 7) is 0. The molecular weight excluding hydrogens is 320 g/mol. The van der Waals surface area contributed by atoms with E-state index < -0.39 is 6.04 Å². The van der Waals surface area contributed by atoms with Crippen molar-refractivity contribution >= 4 is 44.2 Å². The van der Waals surface area contributed by atoms with Crippen LogP contribution in [0.5, 0.6) is 0 Å². The van der Waals surface area contributed by atoms with Gasteiger partial charge in [-0.2, -0.15) is 0 Å². The first-order valence-corrected chi connectivity index (χ1v) is 7.22. The van der Waals surface area contributed by atoms with E-state index in [9.17, 15) is 9.59 Å². The first kappa shape index (κ1) is 13.1. The van der Waals surface area contributed by atoms with Crippen LogP contribution in [0.3, 0.4) is 0 Å². The van der Waals surface area contributed by atoms with Gasteiger partial charge in [-0.3, -0.25) is 9.59 Å². The smallest absolute Gasteiger partial charge is 0.246 e. The second-order valence-electron chi connectivity index (χ2n) is 4.79. The van der Waals surface area contributed by atoms with Crippen LogP contribution in [0, 0.1) is 0 Å². The van der Waals surface area contributed by atoms with Gasteiger partial charge < -0.3 is 10.6 Å². The van der Waals surface area contributed by atoms with Crippen LogP contribution in [-0.2, 0) is 9.59 Å². The van der Waals surface area contributed by atoms with E-state index in [1.54, 1.807) is 0 Å². The monoisotopic (exact) mass is 332 g/mol. The molecule has 5 heteroatoms. The Morgan fingerprint density at radius 2 is 1.95 bits per heavy atom. The molecule has 1 heterocycles. The lowest BCUT2D eigenvalue weighted by Crippen LogP contribution is -2.37. The van der Waals surface area contributed by atoms with Gasteiger partial charge in [0.05, 0.1) is 0 Å². The fourth-order valence-corrected chi connectivity index (χ4v) is 2.88. The highest BCUT2D eigenvalue weighted by atomic mass is 79.9. The van der Waals surface area contributed by atoms with E-state index in [-0.39, 0.29) is 11.8 Å². The third-order valence-electron chi connectivity index (χ3n) is 3.44. The molecule has 1 fully saturated rings. The average molecular weight is 333 g/mol. The highest BCUT2D eigenvalue weighted by Crippen LogP contribution is 2.30. The molecule has 0 unspecified atom stereocenters. The first-order valence-electron chi connectivity index (χ1n) is 6.42. The van der Waals surface area contributed by atoms with Crippen LogP contribution in [0.25, 0.3) is 10.8 Å². The lowest BCUT2D eigenvalue weighted by molar-refractivity contribution is -0.122. The molecule has 0 bridgehead atoms. The van der Waals surface area contributed by atoms with Gasteiger partial charge in [-0.1, -0.05) is 40.2 Å². The maximum atomic E-state index is 12.2. The quantitative estimate of drug-likeness (QED) is 0.888. The van der Waals surface area contributed by atoms with E-state index in [0.717, 1.165) is 20.9 Å². The largest absolute Gasteiger partial charge is 0.344 e. The Bertz CT molecular complexity index is 699. The Hall–Kier alpha value is -1.88. The van der Waals surface area contributed by atoms with E-state index >= 15 is 0 Å². The summed E-state index contributed by atoms with van der Waals surface area (Å²) in [5.74, 6) is -0.228. The molecule has 2 amide bonds. The highest BCUT2D eigenvalue weighted by molar-refractivity contribution is 9.10. The van der Waals surface area contributed by atoms with Crippen LogP contribution >= 0.6 is 15.9 Å². The lowest BCUT2D eigenvalue weighted by atomic mass is 10.1. The SMILES string of the molecule is O=C1CC[C@@H](C(=O)Nc2ccc(Br)c3ccccc23)N1. The molecule has 1 aliphatic heterocycles. The van der Waals surface area contributed by atoms with Crippen molar-refractivity contribution in [3.05, 3.63) is 40.9 Å². The fraction of sp³-hybridized carbons (Fsp3) is 0.200. The Kier molecular flexibility index (Phi) is 3.44. The molecular formula is C15H13BrN2O2. The van der Waals surface area contributed by atoms with E-state index in [1.165, 1.54) is 0 Å². The predicted molar refractivity (Wildman–Crippen MR) is 81.4 cm³/mol. The summed E-state index contributed by atoms with van der Waals surface area (Å²) in [6, 6.07) is 11.2. The highest BCUT2D eigenvalue weighted by Gasteiger charge is 2.27. The number of hydrogen-bond acceptors (Lipinski definition) is 2. The van der Waals surface area contributed by atoms with Gasteiger partial charge in [0, 0.05) is 22.0 Å². The van der Waals surface area contributed by atoms with Gasteiger partial charge in [0.25, 0.3) is 0 Å². The summed E-state index contributed by atoms with van der Waals surface area (Å²) in [4.78, 5) is 23.3. The minimum atomic E-state index is -0.426. The standard InChI is InChI=1S/C15H13BrN2O2/c16-11-5-6-12(10-4-2-1-3-9(10)11)18-15(20)13-7-8-14(19)17-13/h1-6,13H,7-8H2,(H,17,19)(H,18,20)/t13-/m0/s1. The molecule has 20 heavy (non-hydrogen) atoms. The zero-order valence-corrected chi connectivity index (χ0v) is 12.2. The van der Waals surface area contributed by atoms with E-state index in [0.29, 0.717) is 12.8 Å². The maximum absolute atomic E-state index is 12.2. The average Bonchev–Trinajstić information content (AvgIpc) is 2.89. The van der Waals surface area contributed by atoms with Gasteiger partial charge in [-0.15, -0.1) is 0 Å². The third-order valence-corrected chi connectivity index (χ3v) is 4.13. The van der Waals surface area contributed by atoms with Crippen LogP contribution in [0.2, 0.25) is 0 Å². The van der Waals surface area contributed by atoms with E-state index in [4.69, 9.17) is 0 Å². The fourth-order valence-electron chi connectivity index (χ4n) is 2.40. The van der Waals surface area contributed by atoms with Gasteiger partial charge in [-0.25, -0.2) is 0 Å². The van der Waals surface area contributed by atoms with Crippen molar-refractivity contribution in [3.8, 4) is 0 Å². The van der Waals surface area contributed by atoms with Crippen LogP contribution in [0.4, 0.5) is 5.69 Å². The molecule has 3 rings (SSSR count). The molecule has 1 saturated heterocycles. The zero-order valence-electron chi connectivity index (χ0n) is 10.7. The van der Waals surface area contributed by atoms with Crippen LogP contribution < -0.4 is 10.6 Å². The van der Waals surface area contributed by atoms with Gasteiger partial charge >= 0.3 is 0 Å². The number of hydrogen-bond donors (Lipinski definition) is 2. The third kappa shape index (κ3) is 2.41. The summed E-state index contributed by atoms with van der Waals surface area (Å²) in [7, 11) is 0. The number of fused-ring (bicyclic) bond motifs is 1. The maximum Gasteiger partial charge on any atom is 0.246 e. The molecule has 0 aromatic heterocycles. The first-order chi connectivity index (χ1) is 9.65. The molecule has 1 aliphatic rings. The second-order valence-corrected chi connectivity index (χ2v) is 5.64. The van der Waals surface area contributed by atoms with Crippen molar-refractivity contribution in [2.45, 2.75) is 18.9 Å². The van der Waals surface area contributed by atoms with Crippen molar-refractivity contribution in [2.75, 3.05) is 5.32 Å². The Morgan fingerprint density at radius 1 is 1.20 bits per heavy atom. The topological polar surface area (TPSA) is 58.2 Å². The normalized spacial score (nSPS) is 18.1. The van der Waals surface area contributed by atoms with E-state index in [1.807, 2.05) is 36.4 Å². The zero-order chi connectivity index (χ0) is 14.1. The number of benzene rings is 2. The van der Waals surface area contributed by atoms with Crippen molar-refractivity contribution in [1.82, 2.24) is 5.32 Å². The minimum Gasteiger partial charge on any atom is -0.344 e. The second kappa shape index (κ2) is 5.25. The van der Waals surface area contributed by atoms with Gasteiger partial charge in [0.1, 0.15) is 6.04 Å². The summed E-state index contributed by atoms with van der Waals surface area (Å²) >= 11 is 3.50. The van der Waals surface area contributed by atoms with Crippen LogP contribution in [0.1, 0.15) is 12.8 Å². The predicted octanol–water partition coefficient (Wildman–Crippen LogP) is 2.82. The van der Waals surface area contributed by atoms with Crippen molar-refractivity contribution < 1.29 is 9.59 Å². The number of amides is 2. The van der Waals surface area contributed by atoms with Crippen LogP contribution in [0.15, 0.2) is 40.9 Å².